The normalized spacial score (nSPS) is 10.8. The number of aromatic nitrogens is 2. The number of nitrogens with two attached hydrogens (primary N) is 1. The maximum Gasteiger partial charge on any atom is 0.435 e. The van der Waals surface area contributed by atoms with E-state index in [1.807, 2.05) is 0 Å². The predicted octanol–water partition coefficient (Wildman–Crippen LogP) is 1.51. The van der Waals surface area contributed by atoms with Gasteiger partial charge in [0.15, 0.2) is 5.69 Å². The summed E-state index contributed by atoms with van der Waals surface area (Å²) < 4.78 is 38.5. The van der Waals surface area contributed by atoms with Gasteiger partial charge in [-0.15, -0.1) is 0 Å². The van der Waals surface area contributed by atoms with Gasteiger partial charge in [0, 0.05) is 11.8 Å². The lowest BCUT2D eigenvalue weighted by Gasteiger charge is -2.02. The van der Waals surface area contributed by atoms with Crippen molar-refractivity contribution in [1.82, 2.24) is 9.78 Å². The van der Waals surface area contributed by atoms with Gasteiger partial charge in [0.05, 0.1) is 6.54 Å². The van der Waals surface area contributed by atoms with Crippen molar-refractivity contribution in [3.05, 3.63) is 24.0 Å². The van der Waals surface area contributed by atoms with E-state index in [0.29, 0.717) is 0 Å². The number of hydrogen-bond acceptors (Lipinski definition) is 2. The second-order valence-electron chi connectivity index (χ2n) is 2.89. The van der Waals surface area contributed by atoms with Gasteiger partial charge in [-0.1, -0.05) is 24.5 Å². The van der Waals surface area contributed by atoms with Crippen molar-refractivity contribution in [2.24, 2.45) is 5.73 Å². The van der Waals surface area contributed by atoms with E-state index in [-0.39, 0.29) is 18.7 Å². The molecule has 0 fully saturated rings. The summed E-state index contributed by atoms with van der Waals surface area (Å²) in [6.45, 7) is 3.55. The van der Waals surface area contributed by atoms with Crippen LogP contribution < -0.4 is 5.73 Å². The molecule has 2 N–H and O–H groups in total. The topological polar surface area (TPSA) is 43.8 Å². The lowest BCUT2D eigenvalue weighted by molar-refractivity contribution is -0.141. The average molecular weight is 229 g/mol. The molecule has 0 aliphatic rings. The van der Waals surface area contributed by atoms with Crippen LogP contribution >= 0.6 is 0 Å². The molecule has 6 heteroatoms. The Morgan fingerprint density at radius 2 is 2.19 bits per heavy atom. The molecule has 0 unspecified atom stereocenters. The van der Waals surface area contributed by atoms with E-state index in [2.05, 4.69) is 23.5 Å². The standard InChI is InChI=1S/C10H10F3N3/c1-2-8-7-16(6-4-3-5-14)15-9(8)10(11,12)13/h2,7H,1,5-6,14H2. The highest BCUT2D eigenvalue weighted by Crippen LogP contribution is 2.30. The summed E-state index contributed by atoms with van der Waals surface area (Å²) in [5.74, 6) is 5.13. The van der Waals surface area contributed by atoms with Gasteiger partial charge in [-0.3, -0.25) is 4.68 Å². The molecule has 0 saturated heterocycles. The van der Waals surface area contributed by atoms with Crippen LogP contribution in [0.5, 0.6) is 0 Å². The van der Waals surface area contributed by atoms with Crippen molar-refractivity contribution < 1.29 is 13.2 Å². The average Bonchev–Trinajstić information content (AvgIpc) is 2.61. The first kappa shape index (κ1) is 12.3. The van der Waals surface area contributed by atoms with Gasteiger partial charge < -0.3 is 5.73 Å². The van der Waals surface area contributed by atoms with Gasteiger partial charge in [0.1, 0.15) is 6.54 Å². The number of halogens is 3. The highest BCUT2D eigenvalue weighted by atomic mass is 19.4. The first-order valence-corrected chi connectivity index (χ1v) is 4.42. The fourth-order valence-electron chi connectivity index (χ4n) is 1.10. The highest BCUT2D eigenvalue weighted by molar-refractivity contribution is 5.49. The van der Waals surface area contributed by atoms with Gasteiger partial charge in [-0.2, -0.15) is 18.3 Å². The molecule has 0 atom stereocenters. The molecular formula is C10H10F3N3. The Balaban J connectivity index is 2.99. The van der Waals surface area contributed by atoms with Crippen LogP contribution in [0.1, 0.15) is 11.3 Å². The van der Waals surface area contributed by atoms with Crippen LogP contribution in [0, 0.1) is 11.8 Å². The van der Waals surface area contributed by atoms with Crippen molar-refractivity contribution >= 4 is 6.08 Å². The fraction of sp³-hybridized carbons (Fsp3) is 0.300. The summed E-state index contributed by atoms with van der Waals surface area (Å²) in [4.78, 5) is 0. The summed E-state index contributed by atoms with van der Waals surface area (Å²) in [6, 6.07) is 0. The SMILES string of the molecule is C=Cc1cn(CC#CCN)nc1C(F)(F)F. The zero-order valence-corrected chi connectivity index (χ0v) is 8.38. The molecule has 16 heavy (non-hydrogen) atoms. The minimum Gasteiger partial charge on any atom is -0.320 e. The van der Waals surface area contributed by atoms with Crippen LogP contribution in [-0.2, 0) is 12.7 Å². The fourth-order valence-corrected chi connectivity index (χ4v) is 1.10. The third-order valence-corrected chi connectivity index (χ3v) is 1.75. The summed E-state index contributed by atoms with van der Waals surface area (Å²) in [6.07, 6.45) is -2.11. The summed E-state index contributed by atoms with van der Waals surface area (Å²) >= 11 is 0. The van der Waals surface area contributed by atoms with Crippen LogP contribution in [0.15, 0.2) is 12.8 Å². The molecule has 86 valence electrons. The van der Waals surface area contributed by atoms with E-state index < -0.39 is 11.9 Å². The molecule has 0 radical (unpaired) electrons. The molecule has 0 saturated carbocycles. The summed E-state index contributed by atoms with van der Waals surface area (Å²) in [5.41, 5.74) is 4.12. The molecule has 0 amide bonds. The Morgan fingerprint density at radius 3 is 2.62 bits per heavy atom. The molecule has 0 aliphatic heterocycles. The van der Waals surface area contributed by atoms with Crippen LogP contribution in [0.4, 0.5) is 13.2 Å². The van der Waals surface area contributed by atoms with Crippen LogP contribution in [0.2, 0.25) is 0 Å². The van der Waals surface area contributed by atoms with Crippen LogP contribution in [0.25, 0.3) is 6.08 Å². The van der Waals surface area contributed by atoms with Crippen molar-refractivity contribution in [3.8, 4) is 11.8 Å². The lowest BCUT2D eigenvalue weighted by atomic mass is 10.2. The zero-order valence-electron chi connectivity index (χ0n) is 8.38. The Bertz CT molecular complexity index is 434. The van der Waals surface area contributed by atoms with E-state index in [4.69, 9.17) is 5.73 Å². The maximum atomic E-state index is 12.5. The first-order chi connectivity index (χ1) is 7.49. The van der Waals surface area contributed by atoms with Gasteiger partial charge in [-0.05, 0) is 0 Å². The minimum atomic E-state index is -4.48. The van der Waals surface area contributed by atoms with E-state index in [1.165, 1.54) is 6.20 Å². The van der Waals surface area contributed by atoms with Gasteiger partial charge in [0.2, 0.25) is 0 Å². The quantitative estimate of drug-likeness (QED) is 0.781. The highest BCUT2D eigenvalue weighted by Gasteiger charge is 2.36. The molecule has 1 heterocycles. The Labute approximate surface area is 90.7 Å². The number of alkyl halides is 3. The Hall–Kier alpha value is -1.74. The monoisotopic (exact) mass is 229 g/mol. The summed E-state index contributed by atoms with van der Waals surface area (Å²) in [7, 11) is 0. The van der Waals surface area contributed by atoms with Gasteiger partial charge in [-0.25, -0.2) is 0 Å². The van der Waals surface area contributed by atoms with Gasteiger partial charge in [0.25, 0.3) is 0 Å². The van der Waals surface area contributed by atoms with E-state index in [9.17, 15) is 13.2 Å². The molecule has 3 nitrogen and oxygen atoms in total. The lowest BCUT2D eigenvalue weighted by Crippen LogP contribution is -2.09. The maximum absolute atomic E-state index is 12.5. The molecule has 1 aromatic heterocycles. The van der Waals surface area contributed by atoms with Crippen LogP contribution in [-0.4, -0.2) is 16.3 Å². The smallest absolute Gasteiger partial charge is 0.320 e. The van der Waals surface area contributed by atoms with Crippen molar-refractivity contribution in [3.63, 3.8) is 0 Å². The molecule has 0 bridgehead atoms. The predicted molar refractivity (Wildman–Crippen MR) is 54.2 cm³/mol. The molecule has 1 rings (SSSR count). The van der Waals surface area contributed by atoms with Crippen molar-refractivity contribution in [1.29, 1.82) is 0 Å². The number of hydrogen-bond donors (Lipinski definition) is 1. The zero-order chi connectivity index (χ0) is 12.2. The van der Waals surface area contributed by atoms with Crippen molar-refractivity contribution in [2.45, 2.75) is 12.7 Å². The minimum absolute atomic E-state index is 0.0537. The van der Waals surface area contributed by atoms with Crippen LogP contribution in [0.3, 0.4) is 0 Å². The third kappa shape index (κ3) is 2.87. The number of nitrogens with zero attached hydrogens (tertiary/aromatic N) is 2. The summed E-state index contributed by atoms with van der Waals surface area (Å²) in [5, 5.41) is 3.40. The van der Waals surface area contributed by atoms with Crippen molar-refractivity contribution in [2.75, 3.05) is 6.54 Å². The molecule has 1 aromatic rings. The third-order valence-electron chi connectivity index (χ3n) is 1.75. The van der Waals surface area contributed by atoms with E-state index in [0.717, 1.165) is 10.8 Å². The molecule has 0 aliphatic carbocycles. The van der Waals surface area contributed by atoms with E-state index >= 15 is 0 Å². The molecule has 0 spiro atoms. The Kier molecular flexibility index (Phi) is 3.74. The number of rotatable bonds is 2. The Morgan fingerprint density at radius 1 is 1.50 bits per heavy atom. The molecular weight excluding hydrogens is 219 g/mol. The second kappa shape index (κ2) is 4.86. The van der Waals surface area contributed by atoms with Gasteiger partial charge >= 0.3 is 6.18 Å². The van der Waals surface area contributed by atoms with E-state index in [1.54, 1.807) is 0 Å². The largest absolute Gasteiger partial charge is 0.435 e. The first-order valence-electron chi connectivity index (χ1n) is 4.42. The second-order valence-corrected chi connectivity index (χ2v) is 2.89. The molecule has 0 aromatic carbocycles.